The Morgan fingerprint density at radius 3 is 2.71 bits per heavy atom. The molecule has 0 bridgehead atoms. The first kappa shape index (κ1) is 14.2. The lowest BCUT2D eigenvalue weighted by Gasteiger charge is -2.39. The van der Waals surface area contributed by atoms with Gasteiger partial charge in [-0.1, -0.05) is 6.92 Å². The summed E-state index contributed by atoms with van der Waals surface area (Å²) in [5, 5.41) is 11.5. The minimum Gasteiger partial charge on any atom is -0.481 e. The zero-order valence-electron chi connectivity index (χ0n) is 10.3. The average Bonchev–Trinajstić information content (AvgIpc) is 2.19. The number of likely N-dealkylation sites (tertiary alicyclic amines) is 1. The first-order valence-electron chi connectivity index (χ1n) is 5.87. The van der Waals surface area contributed by atoms with Gasteiger partial charge in [0.15, 0.2) is 0 Å². The number of carbonyl (C=O) groups excluding carboxylic acids is 1. The van der Waals surface area contributed by atoms with Crippen LogP contribution < -0.4 is 5.32 Å². The molecule has 0 saturated carbocycles. The SMILES string of the molecule is CCSCC(C)NC(=O)N1CC(CC(=O)O)C1. The van der Waals surface area contributed by atoms with Gasteiger partial charge >= 0.3 is 12.0 Å². The second-order valence-corrected chi connectivity index (χ2v) is 5.70. The van der Waals surface area contributed by atoms with Gasteiger partial charge in [0.05, 0.1) is 6.42 Å². The Morgan fingerprint density at radius 1 is 1.53 bits per heavy atom. The number of carbonyl (C=O) groups is 2. The van der Waals surface area contributed by atoms with E-state index in [1.807, 2.05) is 6.92 Å². The van der Waals surface area contributed by atoms with Crippen LogP contribution in [0.2, 0.25) is 0 Å². The van der Waals surface area contributed by atoms with Gasteiger partial charge in [-0.15, -0.1) is 0 Å². The molecule has 0 radical (unpaired) electrons. The molecule has 1 aliphatic heterocycles. The predicted octanol–water partition coefficient (Wildman–Crippen LogP) is 1.24. The fraction of sp³-hybridized carbons (Fsp3) is 0.818. The van der Waals surface area contributed by atoms with E-state index in [0.29, 0.717) is 13.1 Å². The summed E-state index contributed by atoms with van der Waals surface area (Å²) in [4.78, 5) is 23.8. The number of amides is 2. The molecule has 0 spiro atoms. The summed E-state index contributed by atoms with van der Waals surface area (Å²) in [6, 6.07) is 0.0850. The number of nitrogens with one attached hydrogen (secondary N) is 1. The molecule has 1 atom stereocenters. The minimum atomic E-state index is -0.789. The van der Waals surface area contributed by atoms with Crippen molar-refractivity contribution in [1.29, 1.82) is 0 Å². The number of hydrogen-bond donors (Lipinski definition) is 2. The molecular weight excluding hydrogens is 240 g/mol. The Kier molecular flexibility index (Phi) is 5.61. The lowest BCUT2D eigenvalue weighted by Crippen LogP contribution is -2.55. The normalized spacial score (nSPS) is 17.4. The van der Waals surface area contributed by atoms with Crippen molar-refractivity contribution >= 4 is 23.8 Å². The van der Waals surface area contributed by atoms with Crippen LogP contribution in [-0.2, 0) is 4.79 Å². The molecule has 6 heteroatoms. The maximum Gasteiger partial charge on any atom is 0.317 e. The second kappa shape index (κ2) is 6.74. The maximum absolute atomic E-state index is 11.7. The van der Waals surface area contributed by atoms with Crippen molar-refractivity contribution in [3.63, 3.8) is 0 Å². The molecule has 0 aromatic heterocycles. The Hall–Kier alpha value is -0.910. The number of aliphatic carboxylic acids is 1. The van der Waals surface area contributed by atoms with E-state index in [1.165, 1.54) is 0 Å². The van der Waals surface area contributed by atoms with Crippen molar-refractivity contribution in [3.8, 4) is 0 Å². The summed E-state index contributed by atoms with van der Waals surface area (Å²) < 4.78 is 0. The fourth-order valence-corrected chi connectivity index (χ4v) is 2.42. The molecule has 0 aromatic carbocycles. The van der Waals surface area contributed by atoms with E-state index in [2.05, 4.69) is 12.2 Å². The highest BCUT2D eigenvalue weighted by atomic mass is 32.2. The molecule has 2 N–H and O–H groups in total. The topological polar surface area (TPSA) is 69.6 Å². The van der Waals surface area contributed by atoms with Gasteiger partial charge in [0.1, 0.15) is 0 Å². The van der Waals surface area contributed by atoms with Gasteiger partial charge in [0.25, 0.3) is 0 Å². The van der Waals surface area contributed by atoms with E-state index in [9.17, 15) is 9.59 Å². The molecule has 1 fully saturated rings. The van der Waals surface area contributed by atoms with Crippen LogP contribution in [0.1, 0.15) is 20.3 Å². The summed E-state index contributed by atoms with van der Waals surface area (Å²) in [6.07, 6.45) is 0.158. The highest BCUT2D eigenvalue weighted by Gasteiger charge is 2.32. The largest absolute Gasteiger partial charge is 0.481 e. The van der Waals surface area contributed by atoms with E-state index in [0.717, 1.165) is 11.5 Å². The Morgan fingerprint density at radius 2 is 2.18 bits per heavy atom. The van der Waals surface area contributed by atoms with Gasteiger partial charge < -0.3 is 15.3 Å². The molecule has 1 unspecified atom stereocenters. The number of rotatable bonds is 6. The average molecular weight is 260 g/mol. The van der Waals surface area contributed by atoms with Crippen LogP contribution in [0.3, 0.4) is 0 Å². The Labute approximate surface area is 106 Å². The van der Waals surface area contributed by atoms with Crippen LogP contribution in [0.4, 0.5) is 4.79 Å². The lowest BCUT2D eigenvalue weighted by atomic mass is 9.97. The molecule has 98 valence electrons. The van der Waals surface area contributed by atoms with Gasteiger partial charge in [0.2, 0.25) is 0 Å². The van der Waals surface area contributed by atoms with Crippen LogP contribution in [-0.4, -0.2) is 52.6 Å². The number of carboxylic acid groups (broad SMARTS) is 1. The molecular formula is C11H20N2O3S. The first-order valence-corrected chi connectivity index (χ1v) is 7.03. The maximum atomic E-state index is 11.7. The van der Waals surface area contributed by atoms with Crippen LogP contribution in [0.25, 0.3) is 0 Å². The molecule has 1 heterocycles. The highest BCUT2D eigenvalue weighted by Crippen LogP contribution is 2.19. The summed E-state index contributed by atoms with van der Waals surface area (Å²) in [7, 11) is 0. The molecule has 0 aromatic rings. The zero-order chi connectivity index (χ0) is 12.8. The lowest BCUT2D eigenvalue weighted by molar-refractivity contribution is -0.139. The molecule has 1 rings (SSSR count). The van der Waals surface area contributed by atoms with Crippen LogP contribution >= 0.6 is 11.8 Å². The highest BCUT2D eigenvalue weighted by molar-refractivity contribution is 7.99. The monoisotopic (exact) mass is 260 g/mol. The summed E-state index contributed by atoms with van der Waals surface area (Å²) >= 11 is 1.79. The van der Waals surface area contributed by atoms with Gasteiger partial charge in [-0.2, -0.15) is 11.8 Å². The summed E-state index contributed by atoms with van der Waals surface area (Å²) in [6.45, 7) is 5.19. The van der Waals surface area contributed by atoms with Crippen molar-refractivity contribution in [2.75, 3.05) is 24.6 Å². The van der Waals surface area contributed by atoms with E-state index in [-0.39, 0.29) is 24.4 Å². The van der Waals surface area contributed by atoms with Gasteiger partial charge in [0, 0.05) is 30.8 Å². The number of urea groups is 1. The number of nitrogens with zero attached hydrogens (tertiary/aromatic N) is 1. The molecule has 1 saturated heterocycles. The molecule has 0 aliphatic carbocycles. The number of hydrogen-bond acceptors (Lipinski definition) is 3. The van der Waals surface area contributed by atoms with Crippen molar-refractivity contribution in [3.05, 3.63) is 0 Å². The van der Waals surface area contributed by atoms with Crippen LogP contribution in [0, 0.1) is 5.92 Å². The van der Waals surface area contributed by atoms with E-state index >= 15 is 0 Å². The third kappa shape index (κ3) is 4.85. The molecule has 5 nitrogen and oxygen atoms in total. The van der Waals surface area contributed by atoms with Gasteiger partial charge in [-0.3, -0.25) is 4.79 Å². The van der Waals surface area contributed by atoms with E-state index < -0.39 is 5.97 Å². The molecule has 17 heavy (non-hydrogen) atoms. The third-order valence-corrected chi connectivity index (χ3v) is 3.79. The zero-order valence-corrected chi connectivity index (χ0v) is 11.1. The Bertz CT molecular complexity index is 280. The summed E-state index contributed by atoms with van der Waals surface area (Å²) in [5.41, 5.74) is 0. The van der Waals surface area contributed by atoms with E-state index in [4.69, 9.17) is 5.11 Å². The molecule has 2 amide bonds. The quantitative estimate of drug-likeness (QED) is 0.754. The van der Waals surface area contributed by atoms with Crippen molar-refractivity contribution < 1.29 is 14.7 Å². The Balaban J connectivity index is 2.16. The van der Waals surface area contributed by atoms with Crippen molar-refractivity contribution in [2.45, 2.75) is 26.3 Å². The van der Waals surface area contributed by atoms with Crippen LogP contribution in [0.15, 0.2) is 0 Å². The fourth-order valence-electron chi connectivity index (χ4n) is 1.75. The van der Waals surface area contributed by atoms with Crippen molar-refractivity contribution in [2.24, 2.45) is 5.92 Å². The summed E-state index contributed by atoms with van der Waals surface area (Å²) in [5.74, 6) is 1.29. The third-order valence-electron chi connectivity index (χ3n) is 2.65. The first-order chi connectivity index (χ1) is 8.02. The van der Waals surface area contributed by atoms with Gasteiger partial charge in [-0.05, 0) is 12.7 Å². The smallest absolute Gasteiger partial charge is 0.317 e. The number of carboxylic acids is 1. The van der Waals surface area contributed by atoms with E-state index in [1.54, 1.807) is 16.7 Å². The predicted molar refractivity (Wildman–Crippen MR) is 68.3 cm³/mol. The molecule has 1 aliphatic rings. The van der Waals surface area contributed by atoms with Crippen molar-refractivity contribution in [1.82, 2.24) is 10.2 Å². The standard InChI is InChI=1S/C11H20N2O3S/c1-3-17-7-8(2)12-11(16)13-5-9(6-13)4-10(14)15/h8-9H,3-7H2,1-2H3,(H,12,16)(H,14,15). The van der Waals surface area contributed by atoms with Crippen LogP contribution in [0.5, 0.6) is 0 Å². The van der Waals surface area contributed by atoms with Gasteiger partial charge in [-0.25, -0.2) is 4.79 Å². The number of thioether (sulfide) groups is 1. The second-order valence-electron chi connectivity index (χ2n) is 4.38. The minimum absolute atomic E-state index is 0.0733.